The zero-order valence-electron chi connectivity index (χ0n) is 11.9. The van der Waals surface area contributed by atoms with Crippen LogP contribution in [-0.2, 0) is 0 Å². The predicted molar refractivity (Wildman–Crippen MR) is 74.8 cm³/mol. The molecule has 2 rings (SSSR count). The number of aliphatic hydroxyl groups excluding tert-OH is 1. The van der Waals surface area contributed by atoms with Gasteiger partial charge in [-0.1, -0.05) is 6.92 Å². The smallest absolute Gasteiger partial charge is 0.0791 e. The zero-order chi connectivity index (χ0) is 13.0. The van der Waals surface area contributed by atoms with Crippen molar-refractivity contribution in [2.45, 2.75) is 50.8 Å². The minimum absolute atomic E-state index is 0.222. The van der Waals surface area contributed by atoms with E-state index in [9.17, 15) is 5.11 Å². The molecule has 1 atom stereocenters. The molecular weight excluding hydrogens is 226 g/mol. The average Bonchev–Trinajstić information content (AvgIpc) is 3.20. The van der Waals surface area contributed by atoms with Crippen molar-refractivity contribution in [3.63, 3.8) is 0 Å². The Kier molecular flexibility index (Phi) is 5.42. The van der Waals surface area contributed by atoms with Crippen molar-refractivity contribution in [2.75, 3.05) is 39.8 Å². The van der Waals surface area contributed by atoms with Crippen LogP contribution in [0.2, 0.25) is 0 Å². The molecule has 4 heteroatoms. The molecule has 1 heterocycles. The van der Waals surface area contributed by atoms with Crippen LogP contribution in [0.15, 0.2) is 0 Å². The van der Waals surface area contributed by atoms with Crippen LogP contribution in [-0.4, -0.2) is 72.9 Å². The Labute approximate surface area is 111 Å². The lowest BCUT2D eigenvalue weighted by atomic mass is 10.0. The number of hydrogen-bond acceptors (Lipinski definition) is 4. The van der Waals surface area contributed by atoms with Crippen molar-refractivity contribution in [3.8, 4) is 0 Å². The first-order chi connectivity index (χ1) is 8.69. The van der Waals surface area contributed by atoms with Gasteiger partial charge < -0.3 is 20.2 Å². The molecule has 106 valence electrons. The molecule has 2 fully saturated rings. The number of likely N-dealkylation sites (tertiary alicyclic amines) is 1. The monoisotopic (exact) mass is 255 g/mol. The summed E-state index contributed by atoms with van der Waals surface area (Å²) in [5.74, 6) is 0. The van der Waals surface area contributed by atoms with Gasteiger partial charge in [-0.05, 0) is 52.4 Å². The van der Waals surface area contributed by atoms with E-state index in [1.54, 1.807) is 0 Å². The summed E-state index contributed by atoms with van der Waals surface area (Å²) in [5, 5.41) is 13.4. The van der Waals surface area contributed by atoms with Crippen LogP contribution < -0.4 is 5.32 Å². The molecule has 0 aromatic heterocycles. The van der Waals surface area contributed by atoms with Crippen molar-refractivity contribution < 1.29 is 5.11 Å². The standard InChI is InChI=1S/C14H29N3O/c1-3-17-8-6-13(7-9-17)16(2)11-14(18)10-15-12-4-5-12/h12-15,18H,3-11H2,1-2H3. The first kappa shape index (κ1) is 14.3. The van der Waals surface area contributed by atoms with E-state index in [2.05, 4.69) is 29.1 Å². The molecule has 1 saturated heterocycles. The molecule has 1 aliphatic heterocycles. The molecule has 1 saturated carbocycles. The van der Waals surface area contributed by atoms with E-state index in [0.717, 1.165) is 13.1 Å². The molecule has 0 amide bonds. The van der Waals surface area contributed by atoms with Gasteiger partial charge in [0.2, 0.25) is 0 Å². The molecule has 2 aliphatic rings. The Bertz CT molecular complexity index is 237. The Morgan fingerprint density at radius 3 is 2.50 bits per heavy atom. The average molecular weight is 255 g/mol. The molecule has 2 N–H and O–H groups in total. The van der Waals surface area contributed by atoms with Gasteiger partial charge in [0, 0.05) is 25.2 Å². The number of nitrogens with one attached hydrogen (secondary N) is 1. The van der Waals surface area contributed by atoms with Gasteiger partial charge in [0.25, 0.3) is 0 Å². The lowest BCUT2D eigenvalue weighted by Crippen LogP contribution is -2.47. The molecule has 18 heavy (non-hydrogen) atoms. The van der Waals surface area contributed by atoms with Crippen molar-refractivity contribution in [1.82, 2.24) is 15.1 Å². The number of hydrogen-bond donors (Lipinski definition) is 2. The molecule has 4 nitrogen and oxygen atoms in total. The second kappa shape index (κ2) is 6.85. The van der Waals surface area contributed by atoms with Crippen LogP contribution in [0.5, 0.6) is 0 Å². The van der Waals surface area contributed by atoms with Crippen LogP contribution in [0.3, 0.4) is 0 Å². The summed E-state index contributed by atoms with van der Waals surface area (Å²) in [7, 11) is 2.16. The van der Waals surface area contributed by atoms with E-state index in [4.69, 9.17) is 0 Å². The van der Waals surface area contributed by atoms with Gasteiger partial charge >= 0.3 is 0 Å². The van der Waals surface area contributed by atoms with E-state index in [0.29, 0.717) is 12.1 Å². The predicted octanol–water partition coefficient (Wildman–Crippen LogP) is 0.515. The Morgan fingerprint density at radius 2 is 1.94 bits per heavy atom. The maximum atomic E-state index is 10.0. The first-order valence-corrected chi connectivity index (χ1v) is 7.53. The lowest BCUT2D eigenvalue weighted by Gasteiger charge is -2.37. The van der Waals surface area contributed by atoms with Gasteiger partial charge in [-0.2, -0.15) is 0 Å². The van der Waals surface area contributed by atoms with E-state index in [1.165, 1.54) is 45.3 Å². The molecule has 0 aromatic rings. The van der Waals surface area contributed by atoms with Gasteiger partial charge in [-0.3, -0.25) is 0 Å². The van der Waals surface area contributed by atoms with Crippen molar-refractivity contribution in [2.24, 2.45) is 0 Å². The van der Waals surface area contributed by atoms with Crippen LogP contribution in [0.4, 0.5) is 0 Å². The normalized spacial score (nSPS) is 24.7. The van der Waals surface area contributed by atoms with Crippen molar-refractivity contribution in [3.05, 3.63) is 0 Å². The maximum Gasteiger partial charge on any atom is 0.0791 e. The summed E-state index contributed by atoms with van der Waals surface area (Å²) in [6.07, 6.45) is 4.84. The fourth-order valence-electron chi connectivity index (χ4n) is 2.81. The van der Waals surface area contributed by atoms with Crippen LogP contribution in [0, 0.1) is 0 Å². The van der Waals surface area contributed by atoms with Gasteiger partial charge in [0.05, 0.1) is 6.10 Å². The van der Waals surface area contributed by atoms with Crippen molar-refractivity contribution >= 4 is 0 Å². The fourth-order valence-corrected chi connectivity index (χ4v) is 2.81. The van der Waals surface area contributed by atoms with Crippen LogP contribution >= 0.6 is 0 Å². The molecular formula is C14H29N3O. The summed E-state index contributed by atoms with van der Waals surface area (Å²) in [6, 6.07) is 1.35. The van der Waals surface area contributed by atoms with Gasteiger partial charge in [-0.15, -0.1) is 0 Å². The molecule has 1 unspecified atom stereocenters. The lowest BCUT2D eigenvalue weighted by molar-refractivity contribution is 0.0745. The Balaban J connectivity index is 1.62. The summed E-state index contributed by atoms with van der Waals surface area (Å²) in [6.45, 7) is 7.38. The molecule has 0 bridgehead atoms. The topological polar surface area (TPSA) is 38.7 Å². The zero-order valence-corrected chi connectivity index (χ0v) is 11.9. The largest absolute Gasteiger partial charge is 0.390 e. The number of likely N-dealkylation sites (N-methyl/N-ethyl adjacent to an activating group) is 1. The maximum absolute atomic E-state index is 10.0. The van der Waals surface area contributed by atoms with E-state index in [-0.39, 0.29) is 6.10 Å². The van der Waals surface area contributed by atoms with Gasteiger partial charge in [0.1, 0.15) is 0 Å². The third-order valence-electron chi connectivity index (χ3n) is 4.35. The highest BCUT2D eigenvalue weighted by molar-refractivity contribution is 4.83. The Morgan fingerprint density at radius 1 is 1.28 bits per heavy atom. The summed E-state index contributed by atoms with van der Waals surface area (Å²) in [4.78, 5) is 4.86. The van der Waals surface area contributed by atoms with Gasteiger partial charge in [0.15, 0.2) is 0 Å². The fraction of sp³-hybridized carbons (Fsp3) is 1.00. The molecule has 0 radical (unpaired) electrons. The number of nitrogens with zero attached hydrogens (tertiary/aromatic N) is 2. The third-order valence-corrected chi connectivity index (χ3v) is 4.35. The van der Waals surface area contributed by atoms with Crippen LogP contribution in [0.1, 0.15) is 32.6 Å². The van der Waals surface area contributed by atoms with Crippen molar-refractivity contribution in [1.29, 1.82) is 0 Å². The number of aliphatic hydroxyl groups is 1. The van der Waals surface area contributed by atoms with E-state index in [1.807, 2.05) is 0 Å². The number of piperidine rings is 1. The van der Waals surface area contributed by atoms with Gasteiger partial charge in [-0.25, -0.2) is 0 Å². The highest BCUT2D eigenvalue weighted by Crippen LogP contribution is 2.18. The first-order valence-electron chi connectivity index (χ1n) is 7.53. The quantitative estimate of drug-likeness (QED) is 0.695. The summed E-state index contributed by atoms with van der Waals surface area (Å²) >= 11 is 0. The van der Waals surface area contributed by atoms with Crippen LogP contribution in [0.25, 0.3) is 0 Å². The Hall–Kier alpha value is -0.160. The van der Waals surface area contributed by atoms with E-state index >= 15 is 0 Å². The second-order valence-corrected chi connectivity index (χ2v) is 5.94. The SMILES string of the molecule is CCN1CCC(N(C)CC(O)CNC2CC2)CC1. The summed E-state index contributed by atoms with van der Waals surface area (Å²) in [5.41, 5.74) is 0. The number of rotatable bonds is 7. The highest BCUT2D eigenvalue weighted by Gasteiger charge is 2.24. The minimum atomic E-state index is -0.222. The second-order valence-electron chi connectivity index (χ2n) is 5.94. The third kappa shape index (κ3) is 4.50. The molecule has 0 aromatic carbocycles. The summed E-state index contributed by atoms with van der Waals surface area (Å²) < 4.78 is 0. The minimum Gasteiger partial charge on any atom is -0.390 e. The molecule has 0 spiro atoms. The molecule has 1 aliphatic carbocycles. The highest BCUT2D eigenvalue weighted by atomic mass is 16.3. The van der Waals surface area contributed by atoms with E-state index < -0.39 is 0 Å².